The predicted octanol–water partition coefficient (Wildman–Crippen LogP) is 7.24. The van der Waals surface area contributed by atoms with Crippen molar-refractivity contribution in [1.82, 2.24) is 19.2 Å². The number of amides is 1. The minimum absolute atomic E-state index is 0.00694. The number of halogens is 2. The highest BCUT2D eigenvalue weighted by Crippen LogP contribution is 2.30. The van der Waals surface area contributed by atoms with Gasteiger partial charge in [-0.15, -0.1) is 0 Å². The Morgan fingerprint density at radius 2 is 1.54 bits per heavy atom. The number of pyridine rings is 1. The van der Waals surface area contributed by atoms with E-state index in [9.17, 15) is 4.79 Å². The molecule has 196 valence electrons. The number of carbonyl (C=O) groups excluding carboxylic acids is 1. The summed E-state index contributed by atoms with van der Waals surface area (Å²) in [5.74, 6) is -0.00694. The number of aryl methyl sites for hydroxylation is 1. The maximum Gasteiger partial charge on any atom is 0.255 e. The van der Waals surface area contributed by atoms with Crippen LogP contribution in [-0.2, 0) is 6.54 Å². The van der Waals surface area contributed by atoms with Gasteiger partial charge in [-0.25, -0.2) is 4.98 Å². The summed E-state index contributed by atoms with van der Waals surface area (Å²) in [6.45, 7) is 5.51. The minimum Gasteiger partial charge on any atom is -0.336 e. The summed E-state index contributed by atoms with van der Waals surface area (Å²) in [5, 5.41) is 1.20. The smallest absolute Gasteiger partial charge is 0.255 e. The average molecular weight is 556 g/mol. The Morgan fingerprint density at radius 3 is 2.28 bits per heavy atom. The molecule has 6 rings (SSSR count). The van der Waals surface area contributed by atoms with Crippen molar-refractivity contribution < 1.29 is 4.79 Å². The first-order chi connectivity index (χ1) is 19.0. The lowest BCUT2D eigenvalue weighted by atomic mass is 10.1. The summed E-state index contributed by atoms with van der Waals surface area (Å²) in [6, 6.07) is 28.0. The largest absolute Gasteiger partial charge is 0.336 e. The summed E-state index contributed by atoms with van der Waals surface area (Å²) in [5.41, 5.74) is 7.89. The zero-order valence-electron chi connectivity index (χ0n) is 21.6. The molecule has 0 N–H and O–H groups in total. The number of hydrogen-bond acceptors (Lipinski definition) is 3. The van der Waals surface area contributed by atoms with Crippen LogP contribution in [0.25, 0.3) is 28.0 Å². The van der Waals surface area contributed by atoms with Crippen LogP contribution in [0.3, 0.4) is 0 Å². The number of piperazine rings is 1. The van der Waals surface area contributed by atoms with Crippen LogP contribution in [0, 0.1) is 6.92 Å². The molecule has 5 nitrogen and oxygen atoms in total. The van der Waals surface area contributed by atoms with Crippen molar-refractivity contribution in [2.24, 2.45) is 0 Å². The van der Waals surface area contributed by atoms with E-state index in [1.165, 1.54) is 0 Å². The van der Waals surface area contributed by atoms with E-state index in [1.54, 1.807) is 6.07 Å². The monoisotopic (exact) mass is 554 g/mol. The standard InChI is InChI=1S/C32H28Cl2N4O/c1-22-7-13-28(34)27(19-22)32(39)37-17-15-36(16-18-37)21-29-31(24-8-11-26(33)12-9-24)35-30-14-10-25(20-38(29)30)23-5-3-2-4-6-23/h2-14,19-20H,15-18,21H2,1H3. The highest BCUT2D eigenvalue weighted by Gasteiger charge is 2.25. The van der Waals surface area contributed by atoms with Crippen molar-refractivity contribution >= 4 is 34.8 Å². The maximum absolute atomic E-state index is 13.2. The summed E-state index contributed by atoms with van der Waals surface area (Å²) in [6.07, 6.45) is 2.17. The van der Waals surface area contributed by atoms with E-state index in [0.717, 1.165) is 52.4 Å². The van der Waals surface area contributed by atoms with Crippen molar-refractivity contribution in [3.05, 3.63) is 118 Å². The first kappa shape index (κ1) is 25.6. The molecular weight excluding hydrogens is 527 g/mol. The number of aromatic nitrogens is 2. The van der Waals surface area contributed by atoms with Crippen molar-refractivity contribution in [2.75, 3.05) is 26.2 Å². The van der Waals surface area contributed by atoms with Gasteiger partial charge in [0, 0.05) is 49.5 Å². The molecule has 0 aliphatic carbocycles. The number of rotatable bonds is 5. The van der Waals surface area contributed by atoms with Gasteiger partial charge in [-0.3, -0.25) is 9.69 Å². The molecule has 3 aromatic carbocycles. The molecule has 5 aromatic rings. The highest BCUT2D eigenvalue weighted by atomic mass is 35.5. The molecule has 0 bridgehead atoms. The van der Waals surface area contributed by atoms with Gasteiger partial charge in [-0.05, 0) is 54.4 Å². The van der Waals surface area contributed by atoms with Crippen LogP contribution in [0.15, 0.2) is 91.1 Å². The van der Waals surface area contributed by atoms with Crippen LogP contribution in [-0.4, -0.2) is 51.3 Å². The summed E-state index contributed by atoms with van der Waals surface area (Å²) < 4.78 is 2.20. The second kappa shape index (κ2) is 10.9. The van der Waals surface area contributed by atoms with Gasteiger partial charge < -0.3 is 9.30 Å². The fraction of sp³-hybridized carbons (Fsp3) is 0.188. The zero-order chi connectivity index (χ0) is 26.9. The van der Waals surface area contributed by atoms with E-state index in [2.05, 4.69) is 51.9 Å². The number of carbonyl (C=O) groups is 1. The normalized spacial score (nSPS) is 14.2. The quantitative estimate of drug-likeness (QED) is 0.230. The van der Waals surface area contributed by atoms with Crippen LogP contribution in [0.4, 0.5) is 0 Å². The van der Waals surface area contributed by atoms with Gasteiger partial charge in [0.05, 0.1) is 22.0 Å². The Kier molecular flexibility index (Phi) is 7.13. The van der Waals surface area contributed by atoms with Crippen molar-refractivity contribution in [2.45, 2.75) is 13.5 Å². The van der Waals surface area contributed by atoms with E-state index in [4.69, 9.17) is 28.2 Å². The number of hydrogen-bond donors (Lipinski definition) is 0. The van der Waals surface area contributed by atoms with Crippen LogP contribution in [0.5, 0.6) is 0 Å². The number of fused-ring (bicyclic) bond motifs is 1. The number of nitrogens with zero attached hydrogens (tertiary/aromatic N) is 4. The summed E-state index contributed by atoms with van der Waals surface area (Å²) >= 11 is 12.5. The van der Waals surface area contributed by atoms with Crippen molar-refractivity contribution in [3.63, 3.8) is 0 Å². The summed E-state index contributed by atoms with van der Waals surface area (Å²) in [4.78, 5) is 22.5. The molecule has 0 unspecified atom stereocenters. The molecule has 39 heavy (non-hydrogen) atoms. The summed E-state index contributed by atoms with van der Waals surface area (Å²) in [7, 11) is 0. The third kappa shape index (κ3) is 5.30. The average Bonchev–Trinajstić information content (AvgIpc) is 3.32. The Labute approximate surface area is 238 Å². The molecule has 1 saturated heterocycles. The van der Waals surface area contributed by atoms with Crippen molar-refractivity contribution in [3.8, 4) is 22.4 Å². The third-order valence-electron chi connectivity index (χ3n) is 7.33. The lowest BCUT2D eigenvalue weighted by molar-refractivity contribution is 0.0627. The molecule has 1 amide bonds. The lowest BCUT2D eigenvalue weighted by Gasteiger charge is -2.35. The molecule has 1 aliphatic rings. The van der Waals surface area contributed by atoms with Gasteiger partial charge in [0.2, 0.25) is 0 Å². The van der Waals surface area contributed by atoms with E-state index in [0.29, 0.717) is 35.2 Å². The lowest BCUT2D eigenvalue weighted by Crippen LogP contribution is -2.48. The molecule has 1 fully saturated rings. The molecular formula is C32H28Cl2N4O. The van der Waals surface area contributed by atoms with Crippen LogP contribution >= 0.6 is 23.2 Å². The molecule has 2 aromatic heterocycles. The van der Waals surface area contributed by atoms with Gasteiger partial charge in [-0.2, -0.15) is 0 Å². The van der Waals surface area contributed by atoms with E-state index < -0.39 is 0 Å². The first-order valence-electron chi connectivity index (χ1n) is 13.1. The second-order valence-corrected chi connectivity index (χ2v) is 10.8. The Hall–Kier alpha value is -3.64. The minimum atomic E-state index is -0.00694. The van der Waals surface area contributed by atoms with Crippen molar-refractivity contribution in [1.29, 1.82) is 0 Å². The highest BCUT2D eigenvalue weighted by molar-refractivity contribution is 6.33. The molecule has 3 heterocycles. The molecule has 1 aliphatic heterocycles. The van der Waals surface area contributed by atoms with E-state index >= 15 is 0 Å². The van der Waals surface area contributed by atoms with Crippen LogP contribution < -0.4 is 0 Å². The third-order valence-corrected chi connectivity index (χ3v) is 7.91. The second-order valence-electron chi connectivity index (χ2n) is 9.98. The van der Waals surface area contributed by atoms with Gasteiger partial charge in [0.1, 0.15) is 5.65 Å². The maximum atomic E-state index is 13.2. The Bertz CT molecular complexity index is 1640. The van der Waals surface area contributed by atoms with E-state index in [-0.39, 0.29) is 5.91 Å². The fourth-order valence-corrected chi connectivity index (χ4v) is 5.50. The molecule has 7 heteroatoms. The zero-order valence-corrected chi connectivity index (χ0v) is 23.2. The topological polar surface area (TPSA) is 40.9 Å². The van der Waals surface area contributed by atoms with Crippen LogP contribution in [0.1, 0.15) is 21.6 Å². The number of imidazole rings is 1. The number of benzene rings is 3. The SMILES string of the molecule is Cc1ccc(Cl)c(C(=O)N2CCN(Cc3c(-c4ccc(Cl)cc4)nc4ccc(-c5ccccc5)cn34)CC2)c1. The van der Waals surface area contributed by atoms with Gasteiger partial charge in [0.25, 0.3) is 5.91 Å². The Morgan fingerprint density at radius 1 is 0.821 bits per heavy atom. The molecule has 0 saturated carbocycles. The van der Waals surface area contributed by atoms with Gasteiger partial charge in [0.15, 0.2) is 0 Å². The van der Waals surface area contributed by atoms with Crippen LogP contribution in [0.2, 0.25) is 10.0 Å². The molecule has 0 radical (unpaired) electrons. The molecule has 0 spiro atoms. The fourth-order valence-electron chi connectivity index (χ4n) is 5.18. The Balaban J connectivity index is 1.29. The van der Waals surface area contributed by atoms with Gasteiger partial charge >= 0.3 is 0 Å². The van der Waals surface area contributed by atoms with Gasteiger partial charge in [-0.1, -0.05) is 77.3 Å². The van der Waals surface area contributed by atoms with E-state index in [1.807, 2.05) is 54.3 Å². The predicted molar refractivity (Wildman–Crippen MR) is 158 cm³/mol. The molecule has 0 atom stereocenters. The first-order valence-corrected chi connectivity index (χ1v) is 13.8.